The summed E-state index contributed by atoms with van der Waals surface area (Å²) in [7, 11) is 1.66. The Labute approximate surface area is 205 Å². The zero-order valence-electron chi connectivity index (χ0n) is 18.5. The van der Waals surface area contributed by atoms with Crippen LogP contribution in [-0.2, 0) is 13.1 Å². The summed E-state index contributed by atoms with van der Waals surface area (Å²) < 4.78 is 12.0. The van der Waals surface area contributed by atoms with Gasteiger partial charge < -0.3 is 19.5 Å². The molecule has 0 aliphatic carbocycles. The number of nitrogens with one attached hydrogen (secondary N) is 1. The van der Waals surface area contributed by atoms with Crippen molar-refractivity contribution in [2.24, 2.45) is 4.99 Å². The summed E-state index contributed by atoms with van der Waals surface area (Å²) in [5.74, 6) is 1.76. The average Bonchev–Trinajstić information content (AvgIpc) is 3.50. The highest BCUT2D eigenvalue weighted by atomic mass is 127. The second kappa shape index (κ2) is 11.9. The number of rotatable bonds is 7. The third kappa shape index (κ3) is 6.22. The Morgan fingerprint density at radius 1 is 1.09 bits per heavy atom. The summed E-state index contributed by atoms with van der Waals surface area (Å²) >= 11 is 0. The minimum absolute atomic E-state index is 0. The molecule has 0 spiro atoms. The van der Waals surface area contributed by atoms with Crippen molar-refractivity contribution in [3.63, 3.8) is 0 Å². The van der Waals surface area contributed by atoms with Crippen LogP contribution in [0.3, 0.4) is 0 Å². The Morgan fingerprint density at radius 2 is 1.88 bits per heavy atom. The number of halogens is 1. The molecule has 0 unspecified atom stereocenters. The lowest BCUT2D eigenvalue weighted by Crippen LogP contribution is -2.52. The van der Waals surface area contributed by atoms with Gasteiger partial charge in [0.25, 0.3) is 0 Å². The van der Waals surface area contributed by atoms with Crippen molar-refractivity contribution < 1.29 is 9.26 Å². The highest BCUT2D eigenvalue weighted by Gasteiger charge is 2.20. The van der Waals surface area contributed by atoms with E-state index in [1.807, 2.05) is 47.3 Å². The first-order chi connectivity index (χ1) is 15.2. The smallest absolute Gasteiger partial charge is 0.194 e. The molecule has 1 aliphatic heterocycles. The van der Waals surface area contributed by atoms with Gasteiger partial charge in [-0.1, -0.05) is 5.16 Å². The van der Waals surface area contributed by atoms with E-state index in [0.717, 1.165) is 68.1 Å². The Morgan fingerprint density at radius 3 is 2.53 bits per heavy atom. The summed E-state index contributed by atoms with van der Waals surface area (Å²) in [5, 5.41) is 12.1. The average molecular weight is 551 g/mol. The fourth-order valence-electron chi connectivity index (χ4n) is 3.57. The zero-order chi connectivity index (χ0) is 21.5. The summed E-state index contributed by atoms with van der Waals surface area (Å²) in [5.41, 5.74) is 2.89. The van der Waals surface area contributed by atoms with E-state index in [9.17, 15) is 0 Å². The minimum Gasteiger partial charge on any atom is -0.497 e. The van der Waals surface area contributed by atoms with Crippen LogP contribution in [0.15, 0.2) is 58.4 Å². The molecule has 0 atom stereocenters. The van der Waals surface area contributed by atoms with Gasteiger partial charge in [0, 0.05) is 51.5 Å². The van der Waals surface area contributed by atoms with Gasteiger partial charge in [-0.25, -0.2) is 9.67 Å². The van der Waals surface area contributed by atoms with Crippen LogP contribution in [0.25, 0.3) is 5.69 Å². The third-order valence-corrected chi connectivity index (χ3v) is 5.26. The monoisotopic (exact) mass is 551 g/mol. The van der Waals surface area contributed by atoms with Gasteiger partial charge >= 0.3 is 0 Å². The van der Waals surface area contributed by atoms with Crippen LogP contribution in [-0.4, -0.2) is 70.5 Å². The molecule has 1 N–H and O–H groups in total. The molecule has 9 nitrogen and oxygen atoms in total. The van der Waals surface area contributed by atoms with Gasteiger partial charge in [-0.15, -0.1) is 24.0 Å². The SMILES string of the molecule is CCNC(=NCc1ccn(-c2ccc(OC)cc2)n1)N1CCN(Cc2ccon2)CC1.I. The van der Waals surface area contributed by atoms with Crippen LogP contribution in [0.2, 0.25) is 0 Å². The number of aromatic nitrogens is 3. The molecule has 1 saturated heterocycles. The number of aliphatic imine (C=N–C) groups is 1. The van der Waals surface area contributed by atoms with Crippen LogP contribution in [0.1, 0.15) is 18.3 Å². The van der Waals surface area contributed by atoms with Crippen molar-refractivity contribution in [2.45, 2.75) is 20.0 Å². The van der Waals surface area contributed by atoms with E-state index in [2.05, 4.69) is 32.3 Å². The van der Waals surface area contributed by atoms with Crippen molar-refractivity contribution in [3.05, 3.63) is 60.2 Å². The number of ether oxygens (including phenoxy) is 1. The predicted octanol–water partition coefficient (Wildman–Crippen LogP) is 2.77. The van der Waals surface area contributed by atoms with Crippen molar-refractivity contribution in [3.8, 4) is 11.4 Å². The molecule has 172 valence electrons. The van der Waals surface area contributed by atoms with Crippen molar-refractivity contribution in [1.29, 1.82) is 0 Å². The molecule has 1 fully saturated rings. The van der Waals surface area contributed by atoms with Gasteiger partial charge in [0.2, 0.25) is 0 Å². The number of benzene rings is 1. The number of hydrogen-bond donors (Lipinski definition) is 1. The molecule has 0 radical (unpaired) electrons. The summed E-state index contributed by atoms with van der Waals surface area (Å²) in [6.07, 6.45) is 3.58. The van der Waals surface area contributed by atoms with Crippen LogP contribution >= 0.6 is 24.0 Å². The standard InChI is InChI=1S/C22H29N7O2.HI/c1-3-23-22(28-13-11-27(12-14-28)17-19-9-15-31-26-19)24-16-18-8-10-29(25-18)20-4-6-21(30-2)7-5-20;/h4-10,15H,3,11-14,16-17H2,1-2H3,(H,23,24);1H. The normalized spacial score (nSPS) is 14.8. The maximum Gasteiger partial charge on any atom is 0.194 e. The molecule has 1 aliphatic rings. The predicted molar refractivity (Wildman–Crippen MR) is 134 cm³/mol. The second-order valence-electron chi connectivity index (χ2n) is 7.37. The first-order valence-corrected chi connectivity index (χ1v) is 10.6. The maximum absolute atomic E-state index is 5.22. The topological polar surface area (TPSA) is 84.0 Å². The van der Waals surface area contributed by atoms with Gasteiger partial charge in [0.05, 0.1) is 30.7 Å². The van der Waals surface area contributed by atoms with E-state index in [1.165, 1.54) is 0 Å². The first kappa shape index (κ1) is 24.1. The van der Waals surface area contributed by atoms with E-state index in [4.69, 9.17) is 14.3 Å². The van der Waals surface area contributed by atoms with Gasteiger partial charge in [-0.05, 0) is 37.3 Å². The molecule has 3 aromatic rings. The molecule has 32 heavy (non-hydrogen) atoms. The quantitative estimate of drug-likeness (QED) is 0.275. The lowest BCUT2D eigenvalue weighted by Gasteiger charge is -2.36. The fraction of sp³-hybridized carbons (Fsp3) is 0.409. The van der Waals surface area contributed by atoms with E-state index in [0.29, 0.717) is 6.54 Å². The first-order valence-electron chi connectivity index (χ1n) is 10.6. The highest BCUT2D eigenvalue weighted by molar-refractivity contribution is 14.0. The molecule has 4 rings (SSSR count). The van der Waals surface area contributed by atoms with Crippen molar-refractivity contribution >= 4 is 29.9 Å². The van der Waals surface area contributed by atoms with Gasteiger partial charge in [0.15, 0.2) is 5.96 Å². The molecular weight excluding hydrogens is 521 g/mol. The maximum atomic E-state index is 5.22. The molecule has 1 aromatic carbocycles. The number of hydrogen-bond acceptors (Lipinski definition) is 6. The third-order valence-electron chi connectivity index (χ3n) is 5.26. The van der Waals surface area contributed by atoms with E-state index in [-0.39, 0.29) is 24.0 Å². The Bertz CT molecular complexity index is 965. The van der Waals surface area contributed by atoms with Crippen LogP contribution < -0.4 is 10.1 Å². The van der Waals surface area contributed by atoms with Gasteiger partial charge in [-0.2, -0.15) is 5.10 Å². The zero-order valence-corrected chi connectivity index (χ0v) is 20.8. The van der Waals surface area contributed by atoms with Gasteiger partial charge in [-0.3, -0.25) is 4.90 Å². The molecule has 0 amide bonds. The Balaban J connectivity index is 0.00000289. The largest absolute Gasteiger partial charge is 0.497 e. The molecule has 0 bridgehead atoms. The molecule has 2 aromatic heterocycles. The minimum atomic E-state index is 0. The molecule has 3 heterocycles. The van der Waals surface area contributed by atoms with E-state index >= 15 is 0 Å². The van der Waals surface area contributed by atoms with Gasteiger partial charge in [0.1, 0.15) is 12.0 Å². The molecule has 0 saturated carbocycles. The number of guanidine groups is 1. The summed E-state index contributed by atoms with van der Waals surface area (Å²) in [4.78, 5) is 9.52. The van der Waals surface area contributed by atoms with Crippen LogP contribution in [0.5, 0.6) is 5.75 Å². The Hall–Kier alpha value is -2.60. The number of methoxy groups -OCH3 is 1. The van der Waals surface area contributed by atoms with Crippen LogP contribution in [0.4, 0.5) is 0 Å². The van der Waals surface area contributed by atoms with Crippen molar-refractivity contribution in [2.75, 3.05) is 39.8 Å². The fourth-order valence-corrected chi connectivity index (χ4v) is 3.57. The summed E-state index contributed by atoms with van der Waals surface area (Å²) in [6, 6.07) is 11.8. The Kier molecular flexibility index (Phi) is 8.91. The number of piperazine rings is 1. The van der Waals surface area contributed by atoms with Crippen molar-refractivity contribution in [1.82, 2.24) is 30.1 Å². The van der Waals surface area contributed by atoms with E-state index in [1.54, 1.807) is 13.4 Å². The summed E-state index contributed by atoms with van der Waals surface area (Å²) in [6.45, 7) is 8.04. The lowest BCUT2D eigenvalue weighted by atomic mass is 10.3. The lowest BCUT2D eigenvalue weighted by molar-refractivity contribution is 0.169. The van der Waals surface area contributed by atoms with Crippen LogP contribution in [0, 0.1) is 0 Å². The molecular formula is C22H30IN7O2. The second-order valence-corrected chi connectivity index (χ2v) is 7.37. The highest BCUT2D eigenvalue weighted by Crippen LogP contribution is 2.15. The van der Waals surface area contributed by atoms with E-state index < -0.39 is 0 Å². The number of nitrogens with zero attached hydrogens (tertiary/aromatic N) is 6. The molecule has 10 heteroatoms.